The van der Waals surface area contributed by atoms with Gasteiger partial charge in [0.1, 0.15) is 5.58 Å². The van der Waals surface area contributed by atoms with Gasteiger partial charge in [0.15, 0.2) is 5.58 Å². The van der Waals surface area contributed by atoms with Gasteiger partial charge in [0, 0.05) is 64.5 Å². The van der Waals surface area contributed by atoms with E-state index < -0.39 is 0 Å². The van der Waals surface area contributed by atoms with Crippen molar-refractivity contribution < 1.29 is 4.42 Å². The summed E-state index contributed by atoms with van der Waals surface area (Å²) < 4.78 is 11.6. The standard InChI is InChI=1S/C60H38N2OS/c1-2-10-39(11-3-1)40-18-27-45(28-19-40)61(47-31-24-43(25-32-47)44-26-37-58-54(38-44)51-14-6-9-17-57(51)64-58)46-29-20-41(21-30-46)42-22-33-48(34-23-42)62-55-15-7-4-12-49(55)52-35-36-53-50-13-5-8-16-56(50)63-60(53)59(52)62/h1-38H. The highest BCUT2D eigenvalue weighted by atomic mass is 32.1. The van der Waals surface area contributed by atoms with E-state index in [1.165, 1.54) is 53.2 Å². The summed E-state index contributed by atoms with van der Waals surface area (Å²) in [6, 6.07) is 83.3. The van der Waals surface area contributed by atoms with Crippen LogP contribution in [0.25, 0.3) is 103 Å². The number of anilines is 3. The maximum Gasteiger partial charge on any atom is 0.160 e. The van der Waals surface area contributed by atoms with Gasteiger partial charge in [0.2, 0.25) is 0 Å². The minimum atomic E-state index is 0.904. The molecule has 4 heteroatoms. The molecule has 3 heterocycles. The van der Waals surface area contributed by atoms with Crippen LogP contribution in [0.4, 0.5) is 17.1 Å². The van der Waals surface area contributed by atoms with Crippen LogP contribution in [0.15, 0.2) is 235 Å². The molecule has 3 aromatic heterocycles. The Morgan fingerprint density at radius 3 is 1.53 bits per heavy atom. The quantitative estimate of drug-likeness (QED) is 0.159. The predicted octanol–water partition coefficient (Wildman–Crippen LogP) is 17.5. The molecular formula is C60H38N2OS. The monoisotopic (exact) mass is 834 g/mol. The van der Waals surface area contributed by atoms with Crippen molar-refractivity contribution in [1.29, 1.82) is 0 Å². The molecule has 300 valence electrons. The number of nitrogens with zero attached hydrogens (tertiary/aromatic N) is 2. The highest BCUT2D eigenvalue weighted by molar-refractivity contribution is 7.25. The van der Waals surface area contributed by atoms with E-state index >= 15 is 0 Å². The van der Waals surface area contributed by atoms with Crippen molar-refractivity contribution in [2.75, 3.05) is 4.90 Å². The Morgan fingerprint density at radius 1 is 0.344 bits per heavy atom. The summed E-state index contributed by atoms with van der Waals surface area (Å²) in [4.78, 5) is 2.35. The normalized spacial score (nSPS) is 11.8. The zero-order chi connectivity index (χ0) is 42.1. The minimum Gasteiger partial charge on any atom is -0.454 e. The molecule has 3 nitrogen and oxygen atoms in total. The molecule has 0 atom stereocenters. The van der Waals surface area contributed by atoms with E-state index in [2.05, 4.69) is 234 Å². The number of hydrogen-bond donors (Lipinski definition) is 0. The van der Waals surface area contributed by atoms with Crippen LogP contribution in [-0.2, 0) is 0 Å². The molecule has 0 aliphatic rings. The summed E-state index contributed by atoms with van der Waals surface area (Å²) in [6.07, 6.45) is 0. The van der Waals surface area contributed by atoms with E-state index in [1.807, 2.05) is 17.4 Å². The van der Waals surface area contributed by atoms with Crippen molar-refractivity contribution in [3.05, 3.63) is 231 Å². The number of fused-ring (bicyclic) bond motifs is 10. The number of aromatic nitrogens is 1. The van der Waals surface area contributed by atoms with Crippen LogP contribution in [-0.4, -0.2) is 4.57 Å². The van der Waals surface area contributed by atoms with E-state index in [-0.39, 0.29) is 0 Å². The lowest BCUT2D eigenvalue weighted by Gasteiger charge is -2.26. The van der Waals surface area contributed by atoms with E-state index in [0.717, 1.165) is 66.8 Å². The van der Waals surface area contributed by atoms with Gasteiger partial charge in [-0.2, -0.15) is 0 Å². The second-order valence-corrected chi connectivity index (χ2v) is 17.6. The number of para-hydroxylation sites is 2. The Labute approximate surface area is 373 Å². The fraction of sp³-hybridized carbons (Fsp3) is 0. The van der Waals surface area contributed by atoms with Crippen molar-refractivity contribution in [3.8, 4) is 39.1 Å². The van der Waals surface area contributed by atoms with Gasteiger partial charge in [-0.05, 0) is 118 Å². The lowest BCUT2D eigenvalue weighted by Crippen LogP contribution is -2.09. The summed E-state index contributed by atoms with van der Waals surface area (Å²) in [6.45, 7) is 0. The van der Waals surface area contributed by atoms with Gasteiger partial charge in [-0.1, -0.05) is 146 Å². The van der Waals surface area contributed by atoms with Gasteiger partial charge in [-0.25, -0.2) is 0 Å². The van der Waals surface area contributed by atoms with Crippen LogP contribution in [0.3, 0.4) is 0 Å². The van der Waals surface area contributed by atoms with Gasteiger partial charge in [-0.3, -0.25) is 0 Å². The molecule has 0 amide bonds. The Morgan fingerprint density at radius 2 is 0.844 bits per heavy atom. The molecule has 0 N–H and O–H groups in total. The number of furan rings is 1. The van der Waals surface area contributed by atoms with Gasteiger partial charge >= 0.3 is 0 Å². The van der Waals surface area contributed by atoms with Crippen molar-refractivity contribution in [1.82, 2.24) is 4.57 Å². The maximum atomic E-state index is 6.60. The molecule has 0 saturated heterocycles. The van der Waals surface area contributed by atoms with Crippen molar-refractivity contribution in [3.63, 3.8) is 0 Å². The van der Waals surface area contributed by atoms with Crippen LogP contribution in [0.5, 0.6) is 0 Å². The molecule has 0 aliphatic heterocycles. The highest BCUT2D eigenvalue weighted by Crippen LogP contribution is 2.42. The van der Waals surface area contributed by atoms with Gasteiger partial charge in [0.25, 0.3) is 0 Å². The van der Waals surface area contributed by atoms with Crippen LogP contribution >= 0.6 is 11.3 Å². The van der Waals surface area contributed by atoms with E-state index in [9.17, 15) is 0 Å². The lowest BCUT2D eigenvalue weighted by molar-refractivity contribution is 0.671. The molecule has 0 fully saturated rings. The molecule has 64 heavy (non-hydrogen) atoms. The molecule has 13 rings (SSSR count). The van der Waals surface area contributed by atoms with Crippen molar-refractivity contribution in [2.45, 2.75) is 0 Å². The largest absolute Gasteiger partial charge is 0.454 e. The second-order valence-electron chi connectivity index (χ2n) is 16.5. The number of thiophene rings is 1. The molecule has 0 bridgehead atoms. The maximum absolute atomic E-state index is 6.60. The molecule has 10 aromatic carbocycles. The summed E-state index contributed by atoms with van der Waals surface area (Å²) in [5, 5.41) is 7.29. The molecule has 0 aliphatic carbocycles. The van der Waals surface area contributed by atoms with E-state index in [1.54, 1.807) is 0 Å². The van der Waals surface area contributed by atoms with E-state index in [4.69, 9.17) is 4.42 Å². The minimum absolute atomic E-state index is 0.904. The molecule has 0 saturated carbocycles. The first-order valence-corrected chi connectivity index (χ1v) is 22.6. The van der Waals surface area contributed by atoms with Crippen LogP contribution < -0.4 is 4.90 Å². The summed E-state index contributed by atoms with van der Waals surface area (Å²) >= 11 is 1.86. The first-order chi connectivity index (χ1) is 31.7. The Kier molecular flexibility index (Phi) is 8.40. The topological polar surface area (TPSA) is 21.3 Å². The molecular weight excluding hydrogens is 797 g/mol. The fourth-order valence-corrected chi connectivity index (χ4v) is 10.8. The number of rotatable bonds is 7. The highest BCUT2D eigenvalue weighted by Gasteiger charge is 2.19. The Bertz CT molecular complexity index is 3860. The van der Waals surface area contributed by atoms with Crippen LogP contribution in [0.2, 0.25) is 0 Å². The number of benzene rings is 10. The van der Waals surface area contributed by atoms with Gasteiger partial charge in [-0.15, -0.1) is 11.3 Å². The molecule has 13 aromatic rings. The summed E-state index contributed by atoms with van der Waals surface area (Å²) in [7, 11) is 0. The van der Waals surface area contributed by atoms with Crippen molar-refractivity contribution in [2.24, 2.45) is 0 Å². The third-order valence-electron chi connectivity index (χ3n) is 12.8. The van der Waals surface area contributed by atoms with E-state index in [0.29, 0.717) is 0 Å². The second kappa shape index (κ2) is 14.7. The Hall–Kier alpha value is -8.18. The fourth-order valence-electron chi connectivity index (χ4n) is 9.69. The average molecular weight is 835 g/mol. The Balaban J connectivity index is 0.859. The molecule has 0 unspecified atom stereocenters. The first kappa shape index (κ1) is 36.5. The number of hydrogen-bond acceptors (Lipinski definition) is 3. The molecule has 0 radical (unpaired) electrons. The summed E-state index contributed by atoms with van der Waals surface area (Å²) in [5.74, 6) is 0. The predicted molar refractivity (Wildman–Crippen MR) is 272 cm³/mol. The lowest BCUT2D eigenvalue weighted by atomic mass is 10.0. The van der Waals surface area contributed by atoms with Crippen LogP contribution in [0, 0.1) is 0 Å². The molecule has 0 spiro atoms. The smallest absolute Gasteiger partial charge is 0.160 e. The average Bonchev–Trinajstić information content (AvgIpc) is 4.05. The van der Waals surface area contributed by atoms with Gasteiger partial charge < -0.3 is 13.9 Å². The van der Waals surface area contributed by atoms with Crippen LogP contribution in [0.1, 0.15) is 0 Å². The third-order valence-corrected chi connectivity index (χ3v) is 14.0. The SMILES string of the molecule is c1ccc(-c2ccc(N(c3ccc(-c4ccc(-n5c6ccccc6c6ccc7c8ccccc8oc7c65)cc4)cc3)c3ccc(-c4ccc5sc6ccccc6c5c4)cc3)cc2)cc1. The summed E-state index contributed by atoms with van der Waals surface area (Å²) in [5.41, 5.74) is 15.6. The third kappa shape index (κ3) is 5.95. The zero-order valence-corrected chi connectivity index (χ0v) is 35.5. The van der Waals surface area contributed by atoms with Crippen molar-refractivity contribution >= 4 is 92.3 Å². The zero-order valence-electron chi connectivity index (χ0n) is 34.7. The first-order valence-electron chi connectivity index (χ1n) is 21.7. The van der Waals surface area contributed by atoms with Gasteiger partial charge in [0.05, 0.1) is 11.0 Å².